The number of carbonyl (C=O) groups is 1. The first kappa shape index (κ1) is 19.8. The van der Waals surface area contributed by atoms with E-state index in [0.29, 0.717) is 17.9 Å². The molecule has 0 radical (unpaired) electrons. The molecule has 1 aromatic rings. The highest BCUT2D eigenvalue weighted by molar-refractivity contribution is 5.92. The van der Waals surface area contributed by atoms with Crippen molar-refractivity contribution in [1.29, 1.82) is 0 Å². The van der Waals surface area contributed by atoms with Crippen LogP contribution in [0.3, 0.4) is 0 Å². The topological polar surface area (TPSA) is 72.0 Å². The molecule has 1 aromatic carbocycles. The lowest BCUT2D eigenvalue weighted by Gasteiger charge is -2.12. The molecule has 0 unspecified atom stereocenters. The molecule has 0 aliphatic rings. The van der Waals surface area contributed by atoms with Gasteiger partial charge in [-0.3, -0.25) is 0 Å². The molecule has 0 amide bonds. The fourth-order valence-corrected chi connectivity index (χ4v) is 2.22. The van der Waals surface area contributed by atoms with Crippen LogP contribution in [0.2, 0.25) is 0 Å². The van der Waals surface area contributed by atoms with Crippen molar-refractivity contribution in [2.75, 3.05) is 27.3 Å². The molecule has 0 aliphatic carbocycles. The number of unbranched alkanes of at least 4 members (excludes halogenated alkanes) is 2. The van der Waals surface area contributed by atoms with Crippen molar-refractivity contribution in [2.24, 2.45) is 4.99 Å². The van der Waals surface area contributed by atoms with Gasteiger partial charge in [0.05, 0.1) is 20.8 Å². The van der Waals surface area contributed by atoms with Crippen molar-refractivity contribution in [3.8, 4) is 5.75 Å². The predicted molar refractivity (Wildman–Crippen MR) is 96.7 cm³/mol. The minimum absolute atomic E-state index is 0.411. The van der Waals surface area contributed by atoms with Gasteiger partial charge in [-0.1, -0.05) is 25.8 Å². The lowest BCUT2D eigenvalue weighted by Crippen LogP contribution is -2.37. The van der Waals surface area contributed by atoms with Crippen LogP contribution in [0.1, 0.15) is 49.0 Å². The Balaban J connectivity index is 2.79. The third-order valence-electron chi connectivity index (χ3n) is 3.51. The lowest BCUT2D eigenvalue weighted by molar-refractivity contribution is 0.0597. The number of aliphatic imine (C=N–C) groups is 1. The second-order valence-corrected chi connectivity index (χ2v) is 5.36. The lowest BCUT2D eigenvalue weighted by atomic mass is 10.1. The first-order chi connectivity index (χ1) is 11.7. The summed E-state index contributed by atoms with van der Waals surface area (Å²) < 4.78 is 10.00. The molecule has 0 saturated heterocycles. The highest BCUT2D eigenvalue weighted by Gasteiger charge is 2.13. The minimum Gasteiger partial charge on any atom is -0.496 e. The summed E-state index contributed by atoms with van der Waals surface area (Å²) in [5, 5.41) is 6.54. The van der Waals surface area contributed by atoms with E-state index >= 15 is 0 Å². The van der Waals surface area contributed by atoms with Gasteiger partial charge < -0.3 is 20.1 Å². The molecule has 0 heterocycles. The van der Waals surface area contributed by atoms with Crippen LogP contribution in [0.4, 0.5) is 0 Å². The molecule has 24 heavy (non-hydrogen) atoms. The van der Waals surface area contributed by atoms with E-state index in [1.807, 2.05) is 13.0 Å². The molecule has 0 bridgehead atoms. The zero-order chi connectivity index (χ0) is 17.8. The van der Waals surface area contributed by atoms with Gasteiger partial charge in [0.2, 0.25) is 0 Å². The molecule has 0 aliphatic heterocycles. The number of methoxy groups -OCH3 is 2. The van der Waals surface area contributed by atoms with E-state index in [4.69, 9.17) is 9.47 Å². The molecule has 6 heteroatoms. The number of ether oxygens (including phenoxy) is 2. The van der Waals surface area contributed by atoms with Crippen LogP contribution in [0, 0.1) is 0 Å². The Bertz CT molecular complexity index is 544. The third kappa shape index (κ3) is 6.48. The second kappa shape index (κ2) is 11.3. The number of carbonyl (C=O) groups excluding carboxylic acids is 1. The van der Waals surface area contributed by atoms with Gasteiger partial charge in [-0.05, 0) is 31.0 Å². The first-order valence-corrected chi connectivity index (χ1v) is 8.43. The standard InChI is InChI=1S/C18H29N3O3/c1-5-7-8-11-20-18(19-6-2)21-13-14-9-10-16(23-3)15(12-14)17(22)24-4/h9-10,12H,5-8,11,13H2,1-4H3,(H2,19,20,21). The molecular formula is C18H29N3O3. The van der Waals surface area contributed by atoms with Gasteiger partial charge >= 0.3 is 5.97 Å². The van der Waals surface area contributed by atoms with Gasteiger partial charge in [-0.15, -0.1) is 0 Å². The Hall–Kier alpha value is -2.24. The summed E-state index contributed by atoms with van der Waals surface area (Å²) >= 11 is 0. The minimum atomic E-state index is -0.415. The van der Waals surface area contributed by atoms with Crippen LogP contribution in [-0.4, -0.2) is 39.2 Å². The fourth-order valence-electron chi connectivity index (χ4n) is 2.22. The van der Waals surface area contributed by atoms with Gasteiger partial charge in [0.15, 0.2) is 5.96 Å². The summed E-state index contributed by atoms with van der Waals surface area (Å²) in [7, 11) is 2.89. The largest absolute Gasteiger partial charge is 0.496 e. The molecule has 0 spiro atoms. The van der Waals surface area contributed by atoms with Gasteiger partial charge in [-0.2, -0.15) is 0 Å². The zero-order valence-corrected chi connectivity index (χ0v) is 15.1. The summed E-state index contributed by atoms with van der Waals surface area (Å²) in [6, 6.07) is 5.42. The fraction of sp³-hybridized carbons (Fsp3) is 0.556. The maximum Gasteiger partial charge on any atom is 0.341 e. The number of esters is 1. The van der Waals surface area contributed by atoms with Crippen molar-refractivity contribution in [3.05, 3.63) is 29.3 Å². The van der Waals surface area contributed by atoms with Crippen molar-refractivity contribution in [1.82, 2.24) is 10.6 Å². The van der Waals surface area contributed by atoms with Crippen LogP contribution in [-0.2, 0) is 11.3 Å². The van der Waals surface area contributed by atoms with Gasteiger partial charge in [0.25, 0.3) is 0 Å². The quantitative estimate of drug-likeness (QED) is 0.314. The molecule has 0 aromatic heterocycles. The molecule has 0 fully saturated rings. The maximum atomic E-state index is 11.8. The summed E-state index contributed by atoms with van der Waals surface area (Å²) in [6.45, 7) is 6.39. The van der Waals surface area contributed by atoms with Crippen molar-refractivity contribution >= 4 is 11.9 Å². The number of hydrogen-bond acceptors (Lipinski definition) is 4. The predicted octanol–water partition coefficient (Wildman–Crippen LogP) is 2.73. The van der Waals surface area contributed by atoms with E-state index < -0.39 is 5.97 Å². The summed E-state index contributed by atoms with van der Waals surface area (Å²) in [4.78, 5) is 16.4. The number of guanidine groups is 1. The van der Waals surface area contributed by atoms with E-state index in [2.05, 4.69) is 22.5 Å². The monoisotopic (exact) mass is 335 g/mol. The second-order valence-electron chi connectivity index (χ2n) is 5.36. The first-order valence-electron chi connectivity index (χ1n) is 8.43. The van der Waals surface area contributed by atoms with Crippen molar-refractivity contribution in [2.45, 2.75) is 39.7 Å². The Morgan fingerprint density at radius 3 is 2.58 bits per heavy atom. The summed E-state index contributed by atoms with van der Waals surface area (Å²) in [5.74, 6) is 0.866. The number of nitrogens with one attached hydrogen (secondary N) is 2. The van der Waals surface area contributed by atoms with Crippen molar-refractivity contribution in [3.63, 3.8) is 0 Å². The van der Waals surface area contributed by atoms with E-state index in [1.54, 1.807) is 12.1 Å². The Kier molecular flexibility index (Phi) is 9.34. The van der Waals surface area contributed by atoms with E-state index in [-0.39, 0.29) is 0 Å². The van der Waals surface area contributed by atoms with Crippen LogP contribution in [0.15, 0.2) is 23.2 Å². The summed E-state index contributed by atoms with van der Waals surface area (Å²) in [6.07, 6.45) is 3.51. The van der Waals surface area contributed by atoms with Crippen LogP contribution in [0.5, 0.6) is 5.75 Å². The Morgan fingerprint density at radius 2 is 1.96 bits per heavy atom. The molecular weight excluding hydrogens is 306 g/mol. The van der Waals surface area contributed by atoms with Gasteiger partial charge in [0.1, 0.15) is 11.3 Å². The molecule has 0 saturated carbocycles. The molecule has 134 valence electrons. The third-order valence-corrected chi connectivity index (χ3v) is 3.51. The summed E-state index contributed by atoms with van der Waals surface area (Å²) in [5.41, 5.74) is 1.33. The molecule has 0 atom stereocenters. The van der Waals surface area contributed by atoms with Crippen LogP contribution >= 0.6 is 0 Å². The van der Waals surface area contributed by atoms with Crippen LogP contribution < -0.4 is 15.4 Å². The molecule has 6 nitrogen and oxygen atoms in total. The molecule has 1 rings (SSSR count). The van der Waals surface area contributed by atoms with Crippen molar-refractivity contribution < 1.29 is 14.3 Å². The number of hydrogen-bond donors (Lipinski definition) is 2. The maximum absolute atomic E-state index is 11.8. The average Bonchev–Trinajstić information content (AvgIpc) is 2.62. The molecule has 2 N–H and O–H groups in total. The van der Waals surface area contributed by atoms with E-state index in [9.17, 15) is 4.79 Å². The normalized spacial score (nSPS) is 11.1. The number of nitrogens with zero attached hydrogens (tertiary/aromatic N) is 1. The highest BCUT2D eigenvalue weighted by atomic mass is 16.5. The van der Waals surface area contributed by atoms with Gasteiger partial charge in [0, 0.05) is 13.1 Å². The van der Waals surface area contributed by atoms with E-state index in [1.165, 1.54) is 27.1 Å². The Labute approximate surface area is 144 Å². The highest BCUT2D eigenvalue weighted by Crippen LogP contribution is 2.21. The van der Waals surface area contributed by atoms with E-state index in [0.717, 1.165) is 31.0 Å². The average molecular weight is 335 g/mol. The van der Waals surface area contributed by atoms with Gasteiger partial charge in [-0.25, -0.2) is 9.79 Å². The van der Waals surface area contributed by atoms with Crippen LogP contribution in [0.25, 0.3) is 0 Å². The smallest absolute Gasteiger partial charge is 0.341 e. The Morgan fingerprint density at radius 1 is 1.17 bits per heavy atom. The number of benzene rings is 1. The SMILES string of the molecule is CCCCCNC(=NCc1ccc(OC)c(C(=O)OC)c1)NCC. The number of rotatable bonds is 9. The zero-order valence-electron chi connectivity index (χ0n) is 15.1.